The Morgan fingerprint density at radius 3 is 2.28 bits per heavy atom. The van der Waals surface area contributed by atoms with Crippen LogP contribution in [-0.2, 0) is 0 Å². The number of aliphatic hydroxyl groups excluding tert-OH is 1. The molecule has 0 saturated carbocycles. The normalized spacial score (nSPS) is 13.9. The lowest BCUT2D eigenvalue weighted by atomic mass is 9.89. The third-order valence-electron chi connectivity index (χ3n) is 2.97. The first-order valence-electron chi connectivity index (χ1n) is 5.83. The van der Waals surface area contributed by atoms with Crippen LogP contribution in [0.25, 0.3) is 0 Å². The van der Waals surface area contributed by atoms with Crippen molar-refractivity contribution in [1.29, 1.82) is 0 Å². The summed E-state index contributed by atoms with van der Waals surface area (Å²) in [4.78, 5) is 0. The molecule has 0 radical (unpaired) electrons. The molecule has 0 bridgehead atoms. The summed E-state index contributed by atoms with van der Waals surface area (Å²) in [6, 6.07) is 17.7. The zero-order valence-electron chi connectivity index (χ0n) is 9.96. The Morgan fingerprint density at radius 2 is 1.67 bits per heavy atom. The molecule has 1 N–H and O–H groups in total. The van der Waals surface area contributed by atoms with Gasteiger partial charge in [-0.25, -0.2) is 0 Å². The Hall–Kier alpha value is -1.38. The molecule has 0 amide bonds. The highest BCUT2D eigenvalue weighted by Gasteiger charge is 2.19. The molecule has 1 nitrogen and oxygen atoms in total. The summed E-state index contributed by atoms with van der Waals surface area (Å²) in [5, 5.41) is 10.5. The molecule has 2 aromatic carbocycles. The highest BCUT2D eigenvalue weighted by molar-refractivity contribution is 9.10. The quantitative estimate of drug-likeness (QED) is 0.827. The highest BCUT2D eigenvalue weighted by Crippen LogP contribution is 2.32. The lowest BCUT2D eigenvalue weighted by Crippen LogP contribution is -2.08. The largest absolute Gasteiger partial charge is 0.387 e. The Balaban J connectivity index is 2.31. The number of halogens is 1. The van der Waals surface area contributed by atoms with E-state index in [-0.39, 0.29) is 5.92 Å². The lowest BCUT2D eigenvalue weighted by Gasteiger charge is -2.20. The fourth-order valence-corrected chi connectivity index (χ4v) is 2.44. The van der Waals surface area contributed by atoms with Gasteiger partial charge in [0.15, 0.2) is 0 Å². The van der Waals surface area contributed by atoms with Gasteiger partial charge in [-0.05, 0) is 23.3 Å². The van der Waals surface area contributed by atoms with Gasteiger partial charge < -0.3 is 5.11 Å². The minimum Gasteiger partial charge on any atom is -0.387 e. The first-order valence-corrected chi connectivity index (χ1v) is 6.62. The van der Waals surface area contributed by atoms with Crippen LogP contribution in [0.15, 0.2) is 71.7 Å². The summed E-state index contributed by atoms with van der Waals surface area (Å²) < 4.78 is 0.968. The molecule has 0 aliphatic heterocycles. The number of benzene rings is 2. The Kier molecular flexibility index (Phi) is 4.34. The summed E-state index contributed by atoms with van der Waals surface area (Å²) in [6.45, 7) is 3.83. The van der Waals surface area contributed by atoms with Gasteiger partial charge in [-0.3, -0.25) is 0 Å². The van der Waals surface area contributed by atoms with Gasteiger partial charge in [0.05, 0.1) is 6.10 Å². The number of hydrogen-bond donors (Lipinski definition) is 1. The Morgan fingerprint density at radius 1 is 1.00 bits per heavy atom. The van der Waals surface area contributed by atoms with Gasteiger partial charge >= 0.3 is 0 Å². The van der Waals surface area contributed by atoms with E-state index in [1.807, 2.05) is 54.6 Å². The van der Waals surface area contributed by atoms with Gasteiger partial charge in [-0.15, -0.1) is 6.58 Å². The molecular weight excluding hydrogens is 288 g/mol. The van der Waals surface area contributed by atoms with Crippen LogP contribution in [0.2, 0.25) is 0 Å². The summed E-state index contributed by atoms with van der Waals surface area (Å²) in [6.07, 6.45) is 1.21. The van der Waals surface area contributed by atoms with Crippen LogP contribution in [0.3, 0.4) is 0 Å². The molecule has 92 valence electrons. The highest BCUT2D eigenvalue weighted by atomic mass is 79.9. The zero-order chi connectivity index (χ0) is 13.0. The number of hydrogen-bond acceptors (Lipinski definition) is 1. The van der Waals surface area contributed by atoms with Crippen molar-refractivity contribution < 1.29 is 5.11 Å². The monoisotopic (exact) mass is 302 g/mol. The fourth-order valence-electron chi connectivity index (χ4n) is 2.02. The van der Waals surface area contributed by atoms with E-state index in [0.717, 1.165) is 15.6 Å². The summed E-state index contributed by atoms with van der Waals surface area (Å²) in [5.74, 6) is -0.0968. The minimum absolute atomic E-state index is 0.0968. The molecule has 2 heteroatoms. The maximum Gasteiger partial charge on any atom is 0.0893 e. The van der Waals surface area contributed by atoms with Crippen molar-refractivity contribution in [3.8, 4) is 0 Å². The molecule has 0 fully saturated rings. The van der Waals surface area contributed by atoms with E-state index in [9.17, 15) is 5.11 Å². The third-order valence-corrected chi connectivity index (χ3v) is 3.46. The molecule has 0 aromatic heterocycles. The second kappa shape index (κ2) is 5.98. The van der Waals surface area contributed by atoms with Crippen molar-refractivity contribution in [2.24, 2.45) is 0 Å². The van der Waals surface area contributed by atoms with Crippen molar-refractivity contribution in [2.45, 2.75) is 12.0 Å². The van der Waals surface area contributed by atoms with Crippen LogP contribution < -0.4 is 0 Å². The summed E-state index contributed by atoms with van der Waals surface area (Å²) in [5.41, 5.74) is 1.96. The SMILES string of the molecule is C=C[C@H](c1ccccc1)[C@@H](O)c1cccc(Br)c1. The predicted molar refractivity (Wildman–Crippen MR) is 78.5 cm³/mol. The molecule has 0 saturated heterocycles. The molecule has 0 aliphatic carbocycles. The van der Waals surface area contributed by atoms with E-state index in [4.69, 9.17) is 0 Å². The summed E-state index contributed by atoms with van der Waals surface area (Å²) >= 11 is 3.42. The molecule has 0 aliphatic rings. The van der Waals surface area contributed by atoms with Crippen LogP contribution in [0.1, 0.15) is 23.1 Å². The fraction of sp³-hybridized carbons (Fsp3) is 0.125. The maximum absolute atomic E-state index is 10.5. The van der Waals surface area contributed by atoms with E-state index >= 15 is 0 Å². The Labute approximate surface area is 116 Å². The molecule has 0 unspecified atom stereocenters. The van der Waals surface area contributed by atoms with Crippen LogP contribution in [0, 0.1) is 0 Å². The maximum atomic E-state index is 10.5. The second-order valence-electron chi connectivity index (χ2n) is 4.17. The minimum atomic E-state index is -0.581. The Bertz CT molecular complexity index is 522. The van der Waals surface area contributed by atoms with Crippen molar-refractivity contribution in [3.63, 3.8) is 0 Å². The standard InChI is InChI=1S/C16H15BrO/c1-2-15(12-7-4-3-5-8-12)16(18)13-9-6-10-14(17)11-13/h2-11,15-16,18H,1H2/t15-,16+/m1/s1. The van der Waals surface area contributed by atoms with E-state index in [0.29, 0.717) is 0 Å². The lowest BCUT2D eigenvalue weighted by molar-refractivity contribution is 0.162. The molecule has 2 rings (SSSR count). The van der Waals surface area contributed by atoms with Gasteiger partial charge in [0.25, 0.3) is 0 Å². The first kappa shape index (κ1) is 13.1. The summed E-state index contributed by atoms with van der Waals surface area (Å²) in [7, 11) is 0. The predicted octanol–water partition coefficient (Wildman–Crippen LogP) is 4.45. The van der Waals surface area contributed by atoms with Crippen molar-refractivity contribution in [2.75, 3.05) is 0 Å². The van der Waals surface area contributed by atoms with Crippen molar-refractivity contribution in [1.82, 2.24) is 0 Å². The van der Waals surface area contributed by atoms with Crippen molar-refractivity contribution >= 4 is 15.9 Å². The zero-order valence-corrected chi connectivity index (χ0v) is 11.5. The van der Waals surface area contributed by atoms with E-state index < -0.39 is 6.10 Å². The van der Waals surface area contributed by atoms with Crippen LogP contribution in [0.4, 0.5) is 0 Å². The van der Waals surface area contributed by atoms with Gasteiger partial charge in [0, 0.05) is 10.4 Å². The molecule has 0 spiro atoms. The van der Waals surface area contributed by atoms with E-state index in [1.165, 1.54) is 0 Å². The number of aliphatic hydroxyl groups is 1. The van der Waals surface area contributed by atoms with Gasteiger partial charge in [0.2, 0.25) is 0 Å². The topological polar surface area (TPSA) is 20.2 Å². The molecular formula is C16H15BrO. The molecule has 0 heterocycles. The average molecular weight is 303 g/mol. The van der Waals surface area contributed by atoms with E-state index in [1.54, 1.807) is 6.08 Å². The number of rotatable bonds is 4. The van der Waals surface area contributed by atoms with Gasteiger partial charge in [0.1, 0.15) is 0 Å². The smallest absolute Gasteiger partial charge is 0.0893 e. The van der Waals surface area contributed by atoms with Crippen molar-refractivity contribution in [3.05, 3.63) is 82.9 Å². The first-order chi connectivity index (χ1) is 8.72. The van der Waals surface area contributed by atoms with Crippen LogP contribution in [-0.4, -0.2) is 5.11 Å². The molecule has 2 aromatic rings. The van der Waals surface area contributed by atoms with Crippen LogP contribution in [0.5, 0.6) is 0 Å². The molecule has 18 heavy (non-hydrogen) atoms. The van der Waals surface area contributed by atoms with E-state index in [2.05, 4.69) is 22.5 Å². The van der Waals surface area contributed by atoms with Gasteiger partial charge in [-0.2, -0.15) is 0 Å². The second-order valence-corrected chi connectivity index (χ2v) is 5.09. The third kappa shape index (κ3) is 2.89. The van der Waals surface area contributed by atoms with Crippen LogP contribution >= 0.6 is 15.9 Å². The van der Waals surface area contributed by atoms with Gasteiger partial charge in [-0.1, -0.05) is 64.5 Å². The molecule has 2 atom stereocenters. The average Bonchev–Trinajstić information content (AvgIpc) is 2.41.